The highest BCUT2D eigenvalue weighted by Gasteiger charge is 2.23. The van der Waals surface area contributed by atoms with Gasteiger partial charge in [0.15, 0.2) is 0 Å². The Hall–Kier alpha value is -1.90. The first-order valence-electron chi connectivity index (χ1n) is 6.77. The average molecular weight is 254 g/mol. The quantitative estimate of drug-likeness (QED) is 0.850. The van der Waals surface area contributed by atoms with Crippen LogP contribution in [0.5, 0.6) is 0 Å². The molecular formula is C16H18N2O. The first-order chi connectivity index (χ1) is 9.15. The molecule has 0 saturated heterocycles. The van der Waals surface area contributed by atoms with Crippen molar-refractivity contribution in [3.63, 3.8) is 0 Å². The van der Waals surface area contributed by atoms with E-state index < -0.39 is 0 Å². The van der Waals surface area contributed by atoms with E-state index in [2.05, 4.69) is 42.0 Å². The zero-order valence-corrected chi connectivity index (χ0v) is 11.4. The predicted molar refractivity (Wildman–Crippen MR) is 75.5 cm³/mol. The van der Waals surface area contributed by atoms with E-state index in [4.69, 9.17) is 0 Å². The second kappa shape index (κ2) is 4.65. The lowest BCUT2D eigenvalue weighted by molar-refractivity contribution is 0.564. The molecule has 1 aromatic heterocycles. The van der Waals surface area contributed by atoms with Crippen molar-refractivity contribution in [1.82, 2.24) is 9.97 Å². The lowest BCUT2D eigenvalue weighted by Crippen LogP contribution is -2.23. The molecule has 0 saturated carbocycles. The van der Waals surface area contributed by atoms with E-state index in [-0.39, 0.29) is 5.56 Å². The van der Waals surface area contributed by atoms with Gasteiger partial charge in [-0.2, -0.15) is 0 Å². The molecule has 1 aliphatic rings. The Kier molecular flexibility index (Phi) is 2.97. The summed E-state index contributed by atoms with van der Waals surface area (Å²) in [5.74, 6) is 0.488. The van der Waals surface area contributed by atoms with E-state index in [1.54, 1.807) is 0 Å². The third-order valence-corrected chi connectivity index (χ3v) is 4.09. The molecule has 1 heterocycles. The number of aromatic amines is 1. The number of hydrogen-bond acceptors (Lipinski definition) is 2. The highest BCUT2D eigenvalue weighted by Crippen LogP contribution is 2.32. The third-order valence-electron chi connectivity index (χ3n) is 4.09. The number of benzene rings is 1. The van der Waals surface area contributed by atoms with E-state index in [0.29, 0.717) is 5.92 Å². The second-order valence-electron chi connectivity index (χ2n) is 5.46. The molecule has 1 aromatic carbocycles. The standard InChI is InChI=1S/C16H18N2O/c1-10-3-5-13(11(2)7-10)12-4-6-14-15(8-12)17-9-18-16(14)19/h3,5,7,9,12H,4,6,8H2,1-2H3,(H,17,18,19). The molecule has 19 heavy (non-hydrogen) atoms. The Labute approximate surface area is 112 Å². The Bertz CT molecular complexity index is 673. The van der Waals surface area contributed by atoms with Gasteiger partial charge >= 0.3 is 0 Å². The summed E-state index contributed by atoms with van der Waals surface area (Å²) in [6, 6.07) is 6.63. The number of nitrogens with one attached hydrogen (secondary N) is 1. The zero-order chi connectivity index (χ0) is 13.4. The molecule has 0 spiro atoms. The molecule has 2 aromatic rings. The fourth-order valence-corrected chi connectivity index (χ4v) is 3.10. The SMILES string of the molecule is Cc1ccc(C2CCc3c(nc[nH]c3=O)C2)c(C)c1. The van der Waals surface area contributed by atoms with E-state index in [1.807, 2.05) is 0 Å². The van der Waals surface area contributed by atoms with Crippen molar-refractivity contribution in [3.05, 3.63) is 62.8 Å². The lowest BCUT2D eigenvalue weighted by atomic mass is 9.81. The van der Waals surface area contributed by atoms with Gasteiger partial charge in [-0.25, -0.2) is 4.98 Å². The molecule has 0 aliphatic heterocycles. The molecule has 0 bridgehead atoms. The second-order valence-corrected chi connectivity index (χ2v) is 5.46. The zero-order valence-electron chi connectivity index (χ0n) is 11.4. The fourth-order valence-electron chi connectivity index (χ4n) is 3.10. The van der Waals surface area contributed by atoms with Crippen LogP contribution in [0.2, 0.25) is 0 Å². The van der Waals surface area contributed by atoms with Crippen LogP contribution in [-0.2, 0) is 12.8 Å². The number of nitrogens with zero attached hydrogens (tertiary/aromatic N) is 1. The largest absolute Gasteiger partial charge is 0.313 e. The molecule has 3 rings (SSSR count). The van der Waals surface area contributed by atoms with Crippen LogP contribution in [0.25, 0.3) is 0 Å². The summed E-state index contributed by atoms with van der Waals surface area (Å²) >= 11 is 0. The number of aromatic nitrogens is 2. The maximum absolute atomic E-state index is 11.7. The molecule has 1 atom stereocenters. The van der Waals surface area contributed by atoms with E-state index >= 15 is 0 Å². The number of fused-ring (bicyclic) bond motifs is 1. The normalized spacial score (nSPS) is 18.1. The van der Waals surface area contributed by atoms with Gasteiger partial charge in [-0.15, -0.1) is 0 Å². The summed E-state index contributed by atoms with van der Waals surface area (Å²) in [6.45, 7) is 4.29. The van der Waals surface area contributed by atoms with Crippen LogP contribution in [0.3, 0.4) is 0 Å². The van der Waals surface area contributed by atoms with Crippen LogP contribution < -0.4 is 5.56 Å². The van der Waals surface area contributed by atoms with Crippen molar-refractivity contribution in [2.24, 2.45) is 0 Å². The minimum atomic E-state index is 0.0316. The monoisotopic (exact) mass is 254 g/mol. The maximum Gasteiger partial charge on any atom is 0.254 e. The summed E-state index contributed by atoms with van der Waals surface area (Å²) in [4.78, 5) is 18.7. The van der Waals surface area contributed by atoms with Crippen molar-refractivity contribution in [2.75, 3.05) is 0 Å². The maximum atomic E-state index is 11.7. The van der Waals surface area contributed by atoms with Crippen molar-refractivity contribution in [2.45, 2.75) is 39.0 Å². The molecule has 1 unspecified atom stereocenters. The summed E-state index contributed by atoms with van der Waals surface area (Å²) in [5, 5.41) is 0. The van der Waals surface area contributed by atoms with E-state index in [0.717, 1.165) is 30.5 Å². The van der Waals surface area contributed by atoms with Gasteiger partial charge < -0.3 is 4.98 Å². The average Bonchev–Trinajstić information content (AvgIpc) is 2.38. The Morgan fingerprint density at radius 2 is 2.16 bits per heavy atom. The van der Waals surface area contributed by atoms with Crippen molar-refractivity contribution in [1.29, 1.82) is 0 Å². The molecule has 0 fully saturated rings. The molecule has 0 amide bonds. The van der Waals surface area contributed by atoms with Crippen LogP contribution >= 0.6 is 0 Å². The van der Waals surface area contributed by atoms with Gasteiger partial charge in [-0.3, -0.25) is 4.79 Å². The Balaban J connectivity index is 1.96. The minimum absolute atomic E-state index is 0.0316. The van der Waals surface area contributed by atoms with Crippen molar-refractivity contribution < 1.29 is 0 Å². The van der Waals surface area contributed by atoms with Gasteiger partial charge in [0, 0.05) is 5.56 Å². The molecule has 1 N–H and O–H groups in total. The summed E-state index contributed by atoms with van der Waals surface area (Å²) < 4.78 is 0. The predicted octanol–water partition coefficient (Wildman–Crippen LogP) is 2.66. The van der Waals surface area contributed by atoms with E-state index in [1.165, 1.54) is 23.0 Å². The van der Waals surface area contributed by atoms with Gasteiger partial charge in [-0.1, -0.05) is 23.8 Å². The van der Waals surface area contributed by atoms with E-state index in [9.17, 15) is 4.79 Å². The third kappa shape index (κ3) is 2.21. The molecule has 3 nitrogen and oxygen atoms in total. The highest BCUT2D eigenvalue weighted by molar-refractivity contribution is 5.36. The lowest BCUT2D eigenvalue weighted by Gasteiger charge is -2.24. The highest BCUT2D eigenvalue weighted by atomic mass is 16.1. The van der Waals surface area contributed by atoms with Crippen molar-refractivity contribution in [3.8, 4) is 0 Å². The summed E-state index contributed by atoms with van der Waals surface area (Å²) in [5.41, 5.74) is 5.93. The van der Waals surface area contributed by atoms with Crippen LogP contribution in [0.15, 0.2) is 29.3 Å². The topological polar surface area (TPSA) is 45.8 Å². The molecule has 98 valence electrons. The summed E-state index contributed by atoms with van der Waals surface area (Å²) in [6.07, 6.45) is 4.26. The molecule has 3 heteroatoms. The molecule has 1 aliphatic carbocycles. The number of aryl methyl sites for hydroxylation is 2. The first-order valence-corrected chi connectivity index (χ1v) is 6.77. The van der Waals surface area contributed by atoms with Gasteiger partial charge in [-0.05, 0) is 50.2 Å². The van der Waals surface area contributed by atoms with Crippen LogP contribution in [0.4, 0.5) is 0 Å². The number of rotatable bonds is 1. The minimum Gasteiger partial charge on any atom is -0.313 e. The van der Waals surface area contributed by atoms with Crippen LogP contribution in [-0.4, -0.2) is 9.97 Å². The van der Waals surface area contributed by atoms with Gasteiger partial charge in [0.25, 0.3) is 5.56 Å². The number of hydrogen-bond donors (Lipinski definition) is 1. The Morgan fingerprint density at radius 1 is 1.32 bits per heavy atom. The van der Waals surface area contributed by atoms with Gasteiger partial charge in [0.2, 0.25) is 0 Å². The van der Waals surface area contributed by atoms with Crippen molar-refractivity contribution >= 4 is 0 Å². The summed E-state index contributed by atoms with van der Waals surface area (Å²) in [7, 11) is 0. The van der Waals surface area contributed by atoms with Gasteiger partial charge in [0.1, 0.15) is 0 Å². The first kappa shape index (κ1) is 12.2. The van der Waals surface area contributed by atoms with Crippen LogP contribution in [0.1, 0.15) is 40.3 Å². The van der Waals surface area contributed by atoms with Gasteiger partial charge in [0.05, 0.1) is 12.0 Å². The number of H-pyrrole nitrogens is 1. The fraction of sp³-hybridized carbons (Fsp3) is 0.375. The smallest absolute Gasteiger partial charge is 0.254 e. The Morgan fingerprint density at radius 3 is 2.95 bits per heavy atom. The molecule has 0 radical (unpaired) electrons. The molecular weight excluding hydrogens is 236 g/mol. The van der Waals surface area contributed by atoms with Crippen LogP contribution in [0, 0.1) is 13.8 Å².